The van der Waals surface area contributed by atoms with Gasteiger partial charge in [-0.3, -0.25) is 4.79 Å². The molecule has 0 aliphatic heterocycles. The smallest absolute Gasteiger partial charge is 0.303 e. The van der Waals surface area contributed by atoms with Gasteiger partial charge in [0.15, 0.2) is 0 Å². The monoisotopic (exact) mass is 230 g/mol. The molecule has 0 unspecified atom stereocenters. The Morgan fingerprint density at radius 2 is 0.938 bits per heavy atom. The molecule has 0 amide bonds. The normalized spacial score (nSPS) is 8.69. The molecule has 0 aliphatic carbocycles. The molecule has 0 radical (unpaired) electrons. The molecule has 0 aliphatic rings. The molecule has 1 N–H and O–H groups in total. The van der Waals surface area contributed by atoms with Gasteiger partial charge in [0.25, 0.3) is 0 Å². The summed E-state index contributed by atoms with van der Waals surface area (Å²) < 4.78 is 0. The topological polar surface area (TPSA) is 88.5 Å². The molecule has 0 spiro atoms. The number of carbonyl (C=O) groups is 4. The highest BCUT2D eigenvalue weighted by molar-refractivity contribution is 5.83. The molecule has 0 fully saturated rings. The molecular weight excluding hydrogens is 212 g/mol. The van der Waals surface area contributed by atoms with Crippen LogP contribution in [0.3, 0.4) is 0 Å². The zero-order valence-electron chi connectivity index (χ0n) is 9.91. The van der Waals surface area contributed by atoms with E-state index in [1.54, 1.807) is 0 Å². The van der Waals surface area contributed by atoms with Gasteiger partial charge in [-0.2, -0.15) is 0 Å². The van der Waals surface area contributed by atoms with Crippen LogP contribution in [0.4, 0.5) is 0 Å². The Kier molecular flexibility index (Phi) is 10.6. The van der Waals surface area contributed by atoms with E-state index in [-0.39, 0.29) is 30.2 Å². The van der Waals surface area contributed by atoms with Gasteiger partial charge in [-0.25, -0.2) is 0 Å². The van der Waals surface area contributed by atoms with Crippen LogP contribution in [0.2, 0.25) is 0 Å². The van der Waals surface area contributed by atoms with Crippen LogP contribution in [0, 0.1) is 0 Å². The maximum atomic E-state index is 10.2. The fraction of sp³-hybridized carbons (Fsp3) is 0.636. The summed E-state index contributed by atoms with van der Waals surface area (Å²) in [4.78, 5) is 40.2. The molecule has 5 nitrogen and oxygen atoms in total. The molecule has 0 aromatic rings. The first kappa shape index (κ1) is 16.9. The van der Waals surface area contributed by atoms with E-state index < -0.39 is 5.97 Å². The Morgan fingerprint density at radius 1 is 0.688 bits per heavy atom. The zero-order chi connectivity index (χ0) is 13.1. The first-order valence-corrected chi connectivity index (χ1v) is 4.95. The Labute approximate surface area is 94.8 Å². The Hall–Kier alpha value is -1.52. The molecule has 0 saturated carbocycles. The molecule has 5 heteroatoms. The molecule has 0 rings (SSSR count). The van der Waals surface area contributed by atoms with Crippen LogP contribution in [0.1, 0.15) is 46.5 Å². The summed E-state index contributed by atoms with van der Waals surface area (Å²) in [6.45, 7) is 4.36. The van der Waals surface area contributed by atoms with Crippen molar-refractivity contribution in [3.63, 3.8) is 0 Å². The second kappa shape index (κ2) is 10.0. The molecule has 92 valence electrons. The first-order chi connectivity index (χ1) is 7.25. The van der Waals surface area contributed by atoms with E-state index >= 15 is 0 Å². The third kappa shape index (κ3) is 22.9. The van der Waals surface area contributed by atoms with Gasteiger partial charge in [0.2, 0.25) is 0 Å². The summed E-state index contributed by atoms with van der Waals surface area (Å²) in [5, 5.41) is 8.01. The number of aliphatic carboxylic acids is 1. The number of Topliss-reactive ketones (excluding diaryl/α,β-unsaturated/α-hetero) is 3. The van der Waals surface area contributed by atoms with Crippen LogP contribution >= 0.6 is 0 Å². The van der Waals surface area contributed by atoms with Crippen LogP contribution in [0.15, 0.2) is 0 Å². The van der Waals surface area contributed by atoms with Crippen LogP contribution in [-0.4, -0.2) is 28.4 Å². The first-order valence-electron chi connectivity index (χ1n) is 4.95. The predicted molar refractivity (Wildman–Crippen MR) is 58.1 cm³/mol. The van der Waals surface area contributed by atoms with Crippen molar-refractivity contribution >= 4 is 23.3 Å². The minimum atomic E-state index is -0.916. The van der Waals surface area contributed by atoms with E-state index in [1.165, 1.54) is 20.8 Å². The molecule has 0 saturated heterocycles. The van der Waals surface area contributed by atoms with Crippen molar-refractivity contribution in [2.75, 3.05) is 0 Å². The summed E-state index contributed by atoms with van der Waals surface area (Å²) in [7, 11) is 0. The standard InChI is InChI=1S/C6H10O2.C5H8O3/c1-5(7)3-4-6(2)8;1-4(6)2-3-5(7)8/h3-4H2,1-2H3;2-3H2,1H3,(H,7,8). The van der Waals surface area contributed by atoms with Gasteiger partial charge in [0, 0.05) is 19.3 Å². The van der Waals surface area contributed by atoms with Gasteiger partial charge in [-0.1, -0.05) is 0 Å². The van der Waals surface area contributed by atoms with Crippen LogP contribution in [0.5, 0.6) is 0 Å². The van der Waals surface area contributed by atoms with Gasteiger partial charge in [-0.15, -0.1) is 0 Å². The molecule has 0 heterocycles. The zero-order valence-corrected chi connectivity index (χ0v) is 9.91. The SMILES string of the molecule is CC(=O)CCC(=O)O.CC(=O)CCC(C)=O. The lowest BCUT2D eigenvalue weighted by Crippen LogP contribution is -1.98. The number of carboxylic acids is 1. The highest BCUT2D eigenvalue weighted by Gasteiger charge is 1.97. The Bertz CT molecular complexity index is 212. The lowest BCUT2D eigenvalue weighted by Gasteiger charge is -1.86. The molecule has 16 heavy (non-hydrogen) atoms. The molecule has 0 aromatic carbocycles. The summed E-state index contributed by atoms with van der Waals surface area (Å²) in [6, 6.07) is 0. The average Bonchev–Trinajstić information content (AvgIpc) is 2.12. The highest BCUT2D eigenvalue weighted by Crippen LogP contribution is 1.89. The second-order valence-electron chi connectivity index (χ2n) is 3.50. The van der Waals surface area contributed by atoms with Crippen molar-refractivity contribution < 1.29 is 24.3 Å². The Balaban J connectivity index is 0. The maximum Gasteiger partial charge on any atom is 0.303 e. The van der Waals surface area contributed by atoms with E-state index in [1.807, 2.05) is 0 Å². The van der Waals surface area contributed by atoms with Crippen LogP contribution in [-0.2, 0) is 19.2 Å². The number of ketones is 3. The minimum absolute atomic E-state index is 0.0463. The number of hydrogen-bond donors (Lipinski definition) is 1. The highest BCUT2D eigenvalue weighted by atomic mass is 16.4. The molecular formula is C11H18O5. The fourth-order valence-electron chi connectivity index (χ4n) is 0.635. The lowest BCUT2D eigenvalue weighted by atomic mass is 10.2. The van der Waals surface area contributed by atoms with E-state index in [0.29, 0.717) is 12.8 Å². The molecule has 0 bridgehead atoms. The largest absolute Gasteiger partial charge is 0.481 e. The quantitative estimate of drug-likeness (QED) is 0.744. The van der Waals surface area contributed by atoms with E-state index in [2.05, 4.69) is 0 Å². The van der Waals surface area contributed by atoms with Gasteiger partial charge in [0.1, 0.15) is 17.3 Å². The summed E-state index contributed by atoms with van der Waals surface area (Å²) in [6.07, 6.45) is 0.898. The van der Waals surface area contributed by atoms with Crippen molar-refractivity contribution in [1.29, 1.82) is 0 Å². The summed E-state index contributed by atoms with van der Waals surface area (Å²) >= 11 is 0. The van der Waals surface area contributed by atoms with Crippen molar-refractivity contribution in [2.24, 2.45) is 0 Å². The Morgan fingerprint density at radius 3 is 1.06 bits per heavy atom. The van der Waals surface area contributed by atoms with Gasteiger partial charge in [-0.05, 0) is 20.8 Å². The van der Waals surface area contributed by atoms with Crippen molar-refractivity contribution in [3.05, 3.63) is 0 Å². The van der Waals surface area contributed by atoms with E-state index in [9.17, 15) is 19.2 Å². The van der Waals surface area contributed by atoms with Crippen molar-refractivity contribution in [3.8, 4) is 0 Å². The van der Waals surface area contributed by atoms with Gasteiger partial charge < -0.3 is 19.5 Å². The third-order valence-electron chi connectivity index (χ3n) is 1.52. The second-order valence-corrected chi connectivity index (χ2v) is 3.50. The minimum Gasteiger partial charge on any atom is -0.481 e. The van der Waals surface area contributed by atoms with Crippen LogP contribution in [0.25, 0.3) is 0 Å². The van der Waals surface area contributed by atoms with E-state index in [0.717, 1.165) is 0 Å². The van der Waals surface area contributed by atoms with Crippen LogP contribution < -0.4 is 0 Å². The maximum absolute atomic E-state index is 10.2. The molecule has 0 aromatic heterocycles. The number of carbonyl (C=O) groups excluding carboxylic acids is 3. The van der Waals surface area contributed by atoms with E-state index in [4.69, 9.17) is 5.11 Å². The third-order valence-corrected chi connectivity index (χ3v) is 1.52. The summed E-state index contributed by atoms with van der Waals surface area (Å²) in [5.74, 6) is -0.826. The molecule has 0 atom stereocenters. The number of rotatable bonds is 6. The van der Waals surface area contributed by atoms with Crippen molar-refractivity contribution in [1.82, 2.24) is 0 Å². The van der Waals surface area contributed by atoms with Gasteiger partial charge in [0.05, 0.1) is 6.42 Å². The number of carboxylic acid groups (broad SMARTS) is 1. The fourth-order valence-corrected chi connectivity index (χ4v) is 0.635. The van der Waals surface area contributed by atoms with Gasteiger partial charge >= 0.3 is 5.97 Å². The van der Waals surface area contributed by atoms with Crippen molar-refractivity contribution in [2.45, 2.75) is 46.5 Å². The predicted octanol–water partition coefficient (Wildman–Crippen LogP) is 1.38. The number of hydrogen-bond acceptors (Lipinski definition) is 4. The summed E-state index contributed by atoms with van der Waals surface area (Å²) in [5.41, 5.74) is 0. The average molecular weight is 230 g/mol. The lowest BCUT2D eigenvalue weighted by molar-refractivity contribution is -0.138.